The van der Waals surface area contributed by atoms with Crippen molar-refractivity contribution in [2.24, 2.45) is 11.7 Å². The molecule has 1 aliphatic carbocycles. The molecule has 3 rings (SSSR count). The lowest BCUT2D eigenvalue weighted by atomic mass is 9.94. The largest absolute Gasteiger partial charge is 0.368 e. The molecule has 50 heavy (non-hydrogen) atoms. The third-order valence-corrected chi connectivity index (χ3v) is 8.99. The number of primary amides is 1. The van der Waals surface area contributed by atoms with Crippen LogP contribution < -0.4 is 37.6 Å². The summed E-state index contributed by atoms with van der Waals surface area (Å²) < 4.78 is 0. The number of amides is 8. The second-order valence-corrected chi connectivity index (χ2v) is 13.3. The summed E-state index contributed by atoms with van der Waals surface area (Å²) in [6, 6.07) is -4.95. The third kappa shape index (κ3) is 10.5. The van der Waals surface area contributed by atoms with Crippen molar-refractivity contribution in [2.75, 3.05) is 13.1 Å². The van der Waals surface area contributed by atoms with E-state index in [2.05, 4.69) is 41.9 Å². The molecular formula is C32H50N10O8. The Morgan fingerprint density at radius 2 is 1.60 bits per heavy atom. The summed E-state index contributed by atoms with van der Waals surface area (Å²) >= 11 is 0. The molecule has 1 aromatic heterocycles. The Balaban J connectivity index is 1.59. The summed E-state index contributed by atoms with van der Waals surface area (Å²) in [7, 11) is 0. The van der Waals surface area contributed by atoms with Gasteiger partial charge < -0.3 is 47.5 Å². The molecule has 2 fully saturated rings. The molecule has 0 radical (unpaired) electrons. The number of hydrogen-bond acceptors (Lipinski definition) is 9. The van der Waals surface area contributed by atoms with Gasteiger partial charge in [-0.3, -0.25) is 38.4 Å². The lowest BCUT2D eigenvalue weighted by Gasteiger charge is -2.33. The highest BCUT2D eigenvalue weighted by Crippen LogP contribution is 2.31. The lowest BCUT2D eigenvalue weighted by Crippen LogP contribution is -2.62. The highest BCUT2D eigenvalue weighted by atomic mass is 16.2. The van der Waals surface area contributed by atoms with Crippen LogP contribution in [-0.4, -0.2) is 111 Å². The molecule has 0 spiro atoms. The van der Waals surface area contributed by atoms with Crippen LogP contribution in [0.4, 0.5) is 0 Å². The minimum atomic E-state index is -1.23. The number of aromatic nitrogens is 2. The van der Waals surface area contributed by atoms with Gasteiger partial charge in [-0.2, -0.15) is 0 Å². The molecule has 5 atom stereocenters. The van der Waals surface area contributed by atoms with E-state index < -0.39 is 89.6 Å². The third-order valence-electron chi connectivity index (χ3n) is 8.99. The molecule has 1 saturated carbocycles. The van der Waals surface area contributed by atoms with E-state index in [9.17, 15) is 38.4 Å². The average Bonchev–Trinajstić information content (AvgIpc) is 3.84. The van der Waals surface area contributed by atoms with Crippen LogP contribution in [0.3, 0.4) is 0 Å². The SMILES string of the molecule is CC(=O)N[C@H](C(=O)N[C@@H](Cc1cnc[nH]1)C(=O)N[C@@H](C)C(=O)NCC(=O)N1CCC[C@H]1C(=O)NC1(C(=O)N[C@@H](C)C(N)=O)CCCC1)C(C)C. The molecule has 0 aromatic carbocycles. The number of likely N-dealkylation sites (tertiary alicyclic amines) is 1. The summed E-state index contributed by atoms with van der Waals surface area (Å²) in [5.74, 6) is -4.88. The molecule has 9 N–H and O–H groups in total. The van der Waals surface area contributed by atoms with E-state index >= 15 is 0 Å². The summed E-state index contributed by atoms with van der Waals surface area (Å²) in [5, 5.41) is 15.7. The molecule has 276 valence electrons. The average molecular weight is 703 g/mol. The summed E-state index contributed by atoms with van der Waals surface area (Å²) in [6.07, 6.45) is 5.94. The Kier molecular flexibility index (Phi) is 13.9. The highest BCUT2D eigenvalue weighted by molar-refractivity contribution is 5.98. The number of H-pyrrole nitrogens is 1. The van der Waals surface area contributed by atoms with Gasteiger partial charge in [0.1, 0.15) is 35.7 Å². The van der Waals surface area contributed by atoms with Crippen molar-refractivity contribution in [3.8, 4) is 0 Å². The molecule has 0 unspecified atom stereocenters. The maximum atomic E-state index is 13.4. The number of rotatable bonds is 16. The van der Waals surface area contributed by atoms with Gasteiger partial charge in [-0.1, -0.05) is 26.7 Å². The molecule has 2 aliphatic rings. The van der Waals surface area contributed by atoms with E-state index in [1.807, 2.05) is 0 Å². The van der Waals surface area contributed by atoms with Gasteiger partial charge in [-0.05, 0) is 45.4 Å². The van der Waals surface area contributed by atoms with E-state index in [0.29, 0.717) is 44.2 Å². The smallest absolute Gasteiger partial charge is 0.246 e. The maximum Gasteiger partial charge on any atom is 0.246 e. The van der Waals surface area contributed by atoms with E-state index in [1.165, 1.54) is 38.2 Å². The summed E-state index contributed by atoms with van der Waals surface area (Å²) in [6.45, 7) is 7.46. The van der Waals surface area contributed by atoms with Gasteiger partial charge >= 0.3 is 0 Å². The molecule has 1 saturated heterocycles. The molecule has 8 amide bonds. The predicted octanol–water partition coefficient (Wildman–Crippen LogP) is -2.37. The Labute approximate surface area is 290 Å². The zero-order valence-electron chi connectivity index (χ0n) is 29.2. The molecule has 18 heteroatoms. The van der Waals surface area contributed by atoms with E-state index in [1.54, 1.807) is 13.8 Å². The Morgan fingerprint density at radius 1 is 0.920 bits per heavy atom. The molecule has 18 nitrogen and oxygen atoms in total. The first-order chi connectivity index (χ1) is 23.5. The lowest BCUT2D eigenvalue weighted by molar-refractivity contribution is -0.141. The zero-order chi connectivity index (χ0) is 37.2. The van der Waals surface area contributed by atoms with E-state index in [-0.39, 0.29) is 18.9 Å². The zero-order valence-corrected chi connectivity index (χ0v) is 29.2. The van der Waals surface area contributed by atoms with Crippen LogP contribution in [0.15, 0.2) is 12.5 Å². The van der Waals surface area contributed by atoms with Crippen molar-refractivity contribution in [3.05, 3.63) is 18.2 Å². The Hall–Kier alpha value is -5.03. The second-order valence-electron chi connectivity index (χ2n) is 13.3. The minimum Gasteiger partial charge on any atom is -0.368 e. The Bertz CT molecular complexity index is 1430. The number of carbonyl (C=O) groups excluding carboxylic acids is 8. The van der Waals surface area contributed by atoms with Crippen LogP contribution in [-0.2, 0) is 44.8 Å². The van der Waals surface area contributed by atoms with Crippen LogP contribution >= 0.6 is 0 Å². The molecule has 1 aromatic rings. The summed E-state index contributed by atoms with van der Waals surface area (Å²) in [5.41, 5.74) is 4.60. The first-order valence-electron chi connectivity index (χ1n) is 16.9. The van der Waals surface area contributed by atoms with Gasteiger partial charge in [-0.15, -0.1) is 0 Å². The number of carbonyl (C=O) groups is 8. The molecular weight excluding hydrogens is 652 g/mol. The van der Waals surface area contributed by atoms with Crippen LogP contribution in [0.25, 0.3) is 0 Å². The van der Waals surface area contributed by atoms with Crippen molar-refractivity contribution in [2.45, 2.75) is 115 Å². The van der Waals surface area contributed by atoms with Crippen LogP contribution in [0.5, 0.6) is 0 Å². The Morgan fingerprint density at radius 3 is 2.18 bits per heavy atom. The summed E-state index contributed by atoms with van der Waals surface area (Å²) in [4.78, 5) is 110. The number of nitrogens with zero attached hydrogens (tertiary/aromatic N) is 2. The van der Waals surface area contributed by atoms with Crippen molar-refractivity contribution in [1.29, 1.82) is 0 Å². The fraction of sp³-hybridized carbons (Fsp3) is 0.656. The van der Waals surface area contributed by atoms with Gasteiger partial charge in [0.15, 0.2) is 0 Å². The molecule has 1 aliphatic heterocycles. The minimum absolute atomic E-state index is 0.0147. The van der Waals surface area contributed by atoms with Gasteiger partial charge in [0.25, 0.3) is 0 Å². The number of nitrogens with two attached hydrogens (primary N) is 1. The van der Waals surface area contributed by atoms with Crippen molar-refractivity contribution in [3.63, 3.8) is 0 Å². The van der Waals surface area contributed by atoms with Crippen molar-refractivity contribution >= 4 is 47.3 Å². The van der Waals surface area contributed by atoms with Crippen LogP contribution in [0.2, 0.25) is 0 Å². The normalized spacial score (nSPS) is 19.0. The van der Waals surface area contributed by atoms with E-state index in [4.69, 9.17) is 5.73 Å². The fourth-order valence-electron chi connectivity index (χ4n) is 6.09. The van der Waals surface area contributed by atoms with Crippen molar-refractivity contribution in [1.82, 2.24) is 46.8 Å². The molecule has 2 heterocycles. The quantitative estimate of drug-likeness (QED) is 0.0914. The first-order valence-corrected chi connectivity index (χ1v) is 16.9. The second kappa shape index (κ2) is 17.6. The van der Waals surface area contributed by atoms with E-state index in [0.717, 1.165) is 0 Å². The van der Waals surface area contributed by atoms with Gasteiger partial charge in [0.2, 0.25) is 47.3 Å². The fourth-order valence-corrected chi connectivity index (χ4v) is 6.09. The number of imidazole rings is 1. The molecule has 0 bridgehead atoms. The van der Waals surface area contributed by atoms with Gasteiger partial charge in [0.05, 0.1) is 12.9 Å². The van der Waals surface area contributed by atoms with Crippen LogP contribution in [0.1, 0.15) is 78.8 Å². The maximum absolute atomic E-state index is 13.4. The number of aromatic amines is 1. The van der Waals surface area contributed by atoms with Crippen LogP contribution in [0, 0.1) is 5.92 Å². The van der Waals surface area contributed by atoms with Gasteiger partial charge in [-0.25, -0.2) is 4.98 Å². The van der Waals surface area contributed by atoms with Gasteiger partial charge in [0, 0.05) is 31.8 Å². The number of nitrogens with one attached hydrogen (secondary N) is 7. The topological polar surface area (TPSA) is 267 Å². The monoisotopic (exact) mass is 702 g/mol. The number of hydrogen-bond donors (Lipinski definition) is 8. The highest BCUT2D eigenvalue weighted by Gasteiger charge is 2.46. The first kappa shape index (κ1) is 39.4. The standard InChI is InChI=1S/C32H50N10O8/c1-17(2)25(39-20(5)43)30(49)40-22(13-21-14-34-16-36-21)28(47)37-19(4)27(46)35-15-24(44)42-12-8-9-23(42)29(48)41-32(10-6-7-11-32)31(50)38-18(3)26(33)45/h14,16-19,22-23,25H,6-13,15H2,1-5H3,(H2,33,45)(H,34,36)(H,35,46)(H,37,47)(H,38,50)(H,39,43)(H,40,49)(H,41,48)/t18-,19-,22-,23-,25-/m0/s1. The van der Waals surface area contributed by atoms with Crippen molar-refractivity contribution < 1.29 is 38.4 Å². The predicted molar refractivity (Wildman–Crippen MR) is 178 cm³/mol.